The van der Waals surface area contributed by atoms with E-state index in [1.54, 1.807) is 13.3 Å². The Morgan fingerprint density at radius 3 is 2.89 bits per heavy atom. The van der Waals surface area contributed by atoms with Crippen LogP contribution in [-0.4, -0.2) is 52.8 Å². The minimum atomic E-state index is -0.787. The number of aliphatic carboxylic acids is 1. The Labute approximate surface area is 216 Å². The molecule has 1 saturated heterocycles. The summed E-state index contributed by atoms with van der Waals surface area (Å²) in [7, 11) is 1.62. The third-order valence-electron chi connectivity index (χ3n) is 6.92. The SMILES string of the molecule is COc1ccc2nccc([C@H](O)CC[C@@H]3CCN(CC#Cc4cccc(Cl)c4)C[C@@H]3CC(=O)O)c2c1. The van der Waals surface area contributed by atoms with Crippen LogP contribution in [0.4, 0.5) is 0 Å². The predicted molar refractivity (Wildman–Crippen MR) is 141 cm³/mol. The number of piperidine rings is 1. The van der Waals surface area contributed by atoms with Crippen LogP contribution >= 0.6 is 11.6 Å². The smallest absolute Gasteiger partial charge is 0.303 e. The number of carboxylic acid groups (broad SMARTS) is 1. The number of methoxy groups -OCH3 is 1. The summed E-state index contributed by atoms with van der Waals surface area (Å²) in [6, 6.07) is 14.9. The normalized spacial score (nSPS) is 18.9. The maximum atomic E-state index is 11.6. The van der Waals surface area contributed by atoms with Gasteiger partial charge in [-0.2, -0.15) is 0 Å². The van der Waals surface area contributed by atoms with Gasteiger partial charge >= 0.3 is 5.97 Å². The van der Waals surface area contributed by atoms with Gasteiger partial charge in [0.15, 0.2) is 0 Å². The van der Waals surface area contributed by atoms with Gasteiger partial charge in [0, 0.05) is 35.1 Å². The number of ether oxygens (including phenoxy) is 1. The second-order valence-corrected chi connectivity index (χ2v) is 9.77. The maximum Gasteiger partial charge on any atom is 0.303 e. The first kappa shape index (κ1) is 26.0. The molecule has 3 atom stereocenters. The van der Waals surface area contributed by atoms with Gasteiger partial charge in [-0.25, -0.2) is 0 Å². The summed E-state index contributed by atoms with van der Waals surface area (Å²) < 4.78 is 5.35. The van der Waals surface area contributed by atoms with Gasteiger partial charge in [-0.1, -0.05) is 29.5 Å². The van der Waals surface area contributed by atoms with Crippen LogP contribution in [0.3, 0.4) is 0 Å². The second-order valence-electron chi connectivity index (χ2n) is 9.33. The molecular weight excluding hydrogens is 476 g/mol. The minimum absolute atomic E-state index is 0.0192. The summed E-state index contributed by atoms with van der Waals surface area (Å²) in [6.45, 7) is 2.13. The Hall–Kier alpha value is -3.11. The zero-order valence-corrected chi connectivity index (χ0v) is 21.1. The molecule has 0 aliphatic carbocycles. The first-order valence-corrected chi connectivity index (χ1v) is 12.6. The van der Waals surface area contributed by atoms with Gasteiger partial charge in [-0.15, -0.1) is 0 Å². The Morgan fingerprint density at radius 1 is 1.25 bits per heavy atom. The quantitative estimate of drug-likeness (QED) is 0.410. The highest BCUT2D eigenvalue weighted by Crippen LogP contribution is 2.34. The first-order chi connectivity index (χ1) is 17.4. The third-order valence-corrected chi connectivity index (χ3v) is 7.16. The van der Waals surface area contributed by atoms with Crippen molar-refractivity contribution in [3.05, 3.63) is 70.9 Å². The van der Waals surface area contributed by atoms with Crippen LogP contribution in [0.15, 0.2) is 54.7 Å². The van der Waals surface area contributed by atoms with Crippen molar-refractivity contribution in [1.29, 1.82) is 0 Å². The summed E-state index contributed by atoms with van der Waals surface area (Å²) >= 11 is 6.03. The number of benzene rings is 2. The van der Waals surface area contributed by atoms with Gasteiger partial charge in [0.25, 0.3) is 0 Å². The van der Waals surface area contributed by atoms with Crippen LogP contribution in [-0.2, 0) is 4.79 Å². The molecule has 1 aromatic heterocycles. The van der Waals surface area contributed by atoms with Crippen LogP contribution in [0, 0.1) is 23.7 Å². The zero-order chi connectivity index (χ0) is 25.5. The molecule has 0 radical (unpaired) electrons. The summed E-state index contributed by atoms with van der Waals surface area (Å²) in [6.07, 6.45) is 3.38. The van der Waals surface area contributed by atoms with Crippen molar-refractivity contribution >= 4 is 28.5 Å². The van der Waals surface area contributed by atoms with Gasteiger partial charge in [-0.3, -0.25) is 14.7 Å². The van der Waals surface area contributed by atoms with E-state index in [1.807, 2.05) is 48.5 Å². The molecule has 1 fully saturated rings. The van der Waals surface area contributed by atoms with Crippen molar-refractivity contribution in [3.63, 3.8) is 0 Å². The van der Waals surface area contributed by atoms with Crippen LogP contribution in [0.2, 0.25) is 5.02 Å². The standard InChI is InChI=1S/C29H31ClN2O4/c1-36-24-8-9-27-26(18-24)25(11-13-31-27)28(33)10-7-21-12-15-32(19-22(21)17-29(34)35)14-3-5-20-4-2-6-23(30)16-20/h2,4,6,8-9,11,13,16,18,21-22,28,33H,7,10,12,14-15,17,19H2,1H3,(H,34,35)/t21-,22+,28-/m1/s1. The molecule has 2 heterocycles. The number of carboxylic acids is 1. The Kier molecular flexibility index (Phi) is 8.82. The highest BCUT2D eigenvalue weighted by Gasteiger charge is 2.31. The van der Waals surface area contributed by atoms with E-state index in [9.17, 15) is 15.0 Å². The first-order valence-electron chi connectivity index (χ1n) is 12.2. The molecule has 0 bridgehead atoms. The molecule has 1 aliphatic rings. The summed E-state index contributed by atoms with van der Waals surface area (Å²) in [5.41, 5.74) is 2.50. The summed E-state index contributed by atoms with van der Waals surface area (Å²) in [5.74, 6) is 6.52. The third kappa shape index (κ3) is 6.76. The predicted octanol–water partition coefficient (Wildman–Crippen LogP) is 5.17. The molecule has 0 amide bonds. The fraction of sp³-hybridized carbons (Fsp3) is 0.379. The molecule has 188 valence electrons. The molecule has 2 N–H and O–H groups in total. The van der Waals surface area contributed by atoms with Crippen LogP contribution < -0.4 is 4.74 Å². The van der Waals surface area contributed by atoms with Gasteiger partial charge in [0.05, 0.1) is 25.3 Å². The average molecular weight is 507 g/mol. The molecule has 3 aromatic rings. The number of hydrogen-bond donors (Lipinski definition) is 2. The van der Waals surface area contributed by atoms with E-state index in [2.05, 4.69) is 21.7 Å². The Morgan fingerprint density at radius 2 is 2.11 bits per heavy atom. The van der Waals surface area contributed by atoms with Crippen molar-refractivity contribution < 1.29 is 19.7 Å². The number of carbonyl (C=O) groups is 1. The Balaban J connectivity index is 1.39. The number of aliphatic hydroxyl groups excluding tert-OH is 1. The lowest BCUT2D eigenvalue weighted by atomic mass is 9.79. The number of likely N-dealkylation sites (tertiary alicyclic amines) is 1. The number of aromatic nitrogens is 1. The zero-order valence-electron chi connectivity index (χ0n) is 20.4. The number of rotatable bonds is 8. The topological polar surface area (TPSA) is 82.9 Å². The second kappa shape index (κ2) is 12.2. The number of fused-ring (bicyclic) bond motifs is 1. The van der Waals surface area contributed by atoms with E-state index in [0.29, 0.717) is 24.5 Å². The van der Waals surface area contributed by atoms with Crippen LogP contribution in [0.1, 0.15) is 42.9 Å². The van der Waals surface area contributed by atoms with Crippen molar-refractivity contribution in [1.82, 2.24) is 9.88 Å². The molecular formula is C29H31ClN2O4. The molecule has 2 aromatic carbocycles. The molecule has 0 spiro atoms. The van der Waals surface area contributed by atoms with E-state index in [0.717, 1.165) is 47.2 Å². The van der Waals surface area contributed by atoms with Crippen LogP contribution in [0.5, 0.6) is 5.75 Å². The lowest BCUT2D eigenvalue weighted by Gasteiger charge is -2.37. The fourth-order valence-electron chi connectivity index (χ4n) is 5.05. The molecule has 6 nitrogen and oxygen atoms in total. The lowest BCUT2D eigenvalue weighted by Crippen LogP contribution is -2.41. The summed E-state index contributed by atoms with van der Waals surface area (Å²) in [4.78, 5) is 18.2. The van der Waals surface area contributed by atoms with E-state index >= 15 is 0 Å². The molecule has 1 aliphatic heterocycles. The van der Waals surface area contributed by atoms with E-state index in [1.165, 1.54) is 0 Å². The molecule has 36 heavy (non-hydrogen) atoms. The maximum absolute atomic E-state index is 11.6. The average Bonchev–Trinajstić information content (AvgIpc) is 2.87. The number of nitrogens with zero attached hydrogens (tertiary/aromatic N) is 2. The summed E-state index contributed by atoms with van der Waals surface area (Å²) in [5, 5.41) is 22.1. The van der Waals surface area contributed by atoms with Gasteiger partial charge in [0.2, 0.25) is 0 Å². The van der Waals surface area contributed by atoms with Gasteiger partial charge in [0.1, 0.15) is 5.75 Å². The monoisotopic (exact) mass is 506 g/mol. The number of aliphatic hydroxyl groups is 1. The van der Waals surface area contributed by atoms with Crippen molar-refractivity contribution in [2.45, 2.75) is 31.8 Å². The van der Waals surface area contributed by atoms with Crippen molar-refractivity contribution in [3.8, 4) is 17.6 Å². The lowest BCUT2D eigenvalue weighted by molar-refractivity contribution is -0.139. The molecule has 4 rings (SSSR count). The highest BCUT2D eigenvalue weighted by molar-refractivity contribution is 6.30. The van der Waals surface area contributed by atoms with Gasteiger partial charge in [-0.05, 0) is 85.7 Å². The molecule has 0 saturated carbocycles. The molecule has 7 heteroatoms. The van der Waals surface area contributed by atoms with E-state index in [4.69, 9.17) is 16.3 Å². The van der Waals surface area contributed by atoms with Crippen LogP contribution in [0.25, 0.3) is 10.9 Å². The number of pyridine rings is 1. The van der Waals surface area contributed by atoms with Crippen molar-refractivity contribution in [2.24, 2.45) is 11.8 Å². The van der Waals surface area contributed by atoms with E-state index in [-0.39, 0.29) is 18.3 Å². The van der Waals surface area contributed by atoms with E-state index < -0.39 is 12.1 Å². The highest BCUT2D eigenvalue weighted by atomic mass is 35.5. The minimum Gasteiger partial charge on any atom is -0.497 e. The fourth-order valence-corrected chi connectivity index (χ4v) is 5.24. The van der Waals surface area contributed by atoms with Crippen molar-refractivity contribution in [2.75, 3.05) is 26.7 Å². The molecule has 0 unspecified atom stereocenters. The number of halogens is 1. The number of hydrogen-bond acceptors (Lipinski definition) is 5. The Bertz CT molecular complexity index is 1270. The largest absolute Gasteiger partial charge is 0.497 e. The van der Waals surface area contributed by atoms with Gasteiger partial charge < -0.3 is 14.9 Å².